The van der Waals surface area contributed by atoms with E-state index in [1.165, 1.54) is 12.1 Å². The van der Waals surface area contributed by atoms with Crippen LogP contribution in [0.25, 0.3) is 0 Å². The number of nitro groups is 1. The second kappa shape index (κ2) is 5.78. The number of nitrogens with zero attached hydrogens (tertiary/aromatic N) is 1. The maximum Gasteiger partial charge on any atom is 0.312 e. The van der Waals surface area contributed by atoms with Crippen molar-refractivity contribution in [2.24, 2.45) is 0 Å². The zero-order chi connectivity index (χ0) is 16.5. The van der Waals surface area contributed by atoms with Crippen molar-refractivity contribution in [3.05, 3.63) is 57.4 Å². The summed E-state index contributed by atoms with van der Waals surface area (Å²) >= 11 is 5.54. The summed E-state index contributed by atoms with van der Waals surface area (Å²) in [5, 5.41) is 19.7. The molecule has 0 bridgehead atoms. The van der Waals surface area contributed by atoms with Crippen molar-refractivity contribution in [1.82, 2.24) is 0 Å². The van der Waals surface area contributed by atoms with Gasteiger partial charge in [0.25, 0.3) is 10.0 Å². The van der Waals surface area contributed by atoms with E-state index in [1.54, 1.807) is 0 Å². The molecule has 2 aromatic carbocycles. The van der Waals surface area contributed by atoms with Crippen LogP contribution in [0.4, 0.5) is 15.8 Å². The van der Waals surface area contributed by atoms with E-state index in [4.69, 9.17) is 11.6 Å². The van der Waals surface area contributed by atoms with Crippen LogP contribution in [0.15, 0.2) is 41.3 Å². The monoisotopic (exact) mass is 346 g/mol. The summed E-state index contributed by atoms with van der Waals surface area (Å²) in [7, 11) is -4.29. The average Bonchev–Trinajstić information content (AvgIpc) is 2.43. The molecular weight excluding hydrogens is 339 g/mol. The predicted molar refractivity (Wildman–Crippen MR) is 77.0 cm³/mol. The minimum Gasteiger partial charge on any atom is -0.502 e. The number of hydrogen-bond donors (Lipinski definition) is 2. The van der Waals surface area contributed by atoms with Crippen LogP contribution >= 0.6 is 11.6 Å². The van der Waals surface area contributed by atoms with E-state index in [9.17, 15) is 28.0 Å². The summed E-state index contributed by atoms with van der Waals surface area (Å²) in [6.45, 7) is 0. The average molecular weight is 347 g/mol. The molecule has 7 nitrogen and oxygen atoms in total. The van der Waals surface area contributed by atoms with Gasteiger partial charge in [-0.05, 0) is 24.3 Å². The summed E-state index contributed by atoms with van der Waals surface area (Å²) in [6.07, 6.45) is 0. The highest BCUT2D eigenvalue weighted by Crippen LogP contribution is 2.30. The van der Waals surface area contributed by atoms with Crippen molar-refractivity contribution >= 4 is 33.0 Å². The van der Waals surface area contributed by atoms with Crippen LogP contribution in [0, 0.1) is 15.9 Å². The molecule has 116 valence electrons. The number of nitro benzene ring substituents is 1. The first-order chi connectivity index (χ1) is 10.2. The number of phenols is 1. The van der Waals surface area contributed by atoms with Gasteiger partial charge in [-0.1, -0.05) is 17.7 Å². The SMILES string of the molecule is O=[N+]([O-])c1cc(S(=O)(=O)Nc2cccc(Cl)c2F)ccc1O. The number of anilines is 1. The minimum atomic E-state index is -4.29. The fraction of sp³-hybridized carbons (Fsp3) is 0. The van der Waals surface area contributed by atoms with E-state index in [1.807, 2.05) is 4.72 Å². The summed E-state index contributed by atoms with van der Waals surface area (Å²) in [5.74, 6) is -1.65. The van der Waals surface area contributed by atoms with E-state index < -0.39 is 42.8 Å². The molecule has 0 saturated heterocycles. The molecule has 0 saturated carbocycles. The number of rotatable bonds is 4. The van der Waals surface area contributed by atoms with Crippen LogP contribution in [0.2, 0.25) is 5.02 Å². The molecule has 0 spiro atoms. The van der Waals surface area contributed by atoms with Gasteiger partial charge in [-0.25, -0.2) is 12.8 Å². The van der Waals surface area contributed by atoms with Gasteiger partial charge < -0.3 is 5.11 Å². The maximum absolute atomic E-state index is 13.7. The Morgan fingerprint density at radius 2 is 1.95 bits per heavy atom. The van der Waals surface area contributed by atoms with E-state index in [-0.39, 0.29) is 5.02 Å². The fourth-order valence-electron chi connectivity index (χ4n) is 1.60. The molecule has 0 fully saturated rings. The molecule has 0 atom stereocenters. The lowest BCUT2D eigenvalue weighted by atomic mass is 10.3. The quantitative estimate of drug-likeness (QED) is 0.653. The Bertz CT molecular complexity index is 857. The van der Waals surface area contributed by atoms with Gasteiger partial charge in [0.1, 0.15) is 0 Å². The van der Waals surface area contributed by atoms with Crippen LogP contribution in [0.5, 0.6) is 5.75 Å². The summed E-state index contributed by atoms with van der Waals surface area (Å²) in [6, 6.07) is 6.20. The number of aromatic hydroxyl groups is 1. The van der Waals surface area contributed by atoms with Gasteiger partial charge >= 0.3 is 5.69 Å². The van der Waals surface area contributed by atoms with E-state index in [0.717, 1.165) is 18.2 Å². The van der Waals surface area contributed by atoms with E-state index >= 15 is 0 Å². The number of nitrogens with one attached hydrogen (secondary N) is 1. The van der Waals surface area contributed by atoms with Crippen molar-refractivity contribution in [2.45, 2.75) is 4.90 Å². The lowest BCUT2D eigenvalue weighted by molar-refractivity contribution is -0.386. The highest BCUT2D eigenvalue weighted by atomic mass is 35.5. The highest BCUT2D eigenvalue weighted by Gasteiger charge is 2.22. The molecule has 0 aliphatic carbocycles. The smallest absolute Gasteiger partial charge is 0.312 e. The Hall–Kier alpha value is -2.39. The predicted octanol–water partition coefficient (Wildman–Crippen LogP) is 2.89. The second-order valence-electron chi connectivity index (χ2n) is 4.11. The molecule has 0 heterocycles. The molecule has 22 heavy (non-hydrogen) atoms. The maximum atomic E-state index is 13.7. The second-order valence-corrected chi connectivity index (χ2v) is 6.20. The Morgan fingerprint density at radius 1 is 1.27 bits per heavy atom. The number of benzene rings is 2. The van der Waals surface area contributed by atoms with Crippen LogP contribution in [0.1, 0.15) is 0 Å². The van der Waals surface area contributed by atoms with E-state index in [2.05, 4.69) is 0 Å². The molecule has 0 aliphatic rings. The normalized spacial score (nSPS) is 11.2. The van der Waals surface area contributed by atoms with Gasteiger partial charge in [0.15, 0.2) is 11.6 Å². The van der Waals surface area contributed by atoms with Crippen molar-refractivity contribution in [3.8, 4) is 5.75 Å². The van der Waals surface area contributed by atoms with Crippen molar-refractivity contribution in [1.29, 1.82) is 0 Å². The molecule has 0 aromatic heterocycles. The van der Waals surface area contributed by atoms with Crippen LogP contribution in [0.3, 0.4) is 0 Å². The molecule has 0 radical (unpaired) electrons. The number of sulfonamides is 1. The Morgan fingerprint density at radius 3 is 2.59 bits per heavy atom. The molecule has 2 N–H and O–H groups in total. The summed E-state index contributed by atoms with van der Waals surface area (Å²) in [4.78, 5) is 9.27. The van der Waals surface area contributed by atoms with Gasteiger partial charge in [0, 0.05) is 6.07 Å². The Balaban J connectivity index is 2.45. The van der Waals surface area contributed by atoms with Gasteiger partial charge in [0.05, 0.1) is 20.5 Å². The third-order valence-electron chi connectivity index (χ3n) is 2.65. The zero-order valence-electron chi connectivity index (χ0n) is 10.7. The van der Waals surface area contributed by atoms with Crippen LogP contribution < -0.4 is 4.72 Å². The van der Waals surface area contributed by atoms with Crippen LogP contribution in [-0.2, 0) is 10.0 Å². The zero-order valence-corrected chi connectivity index (χ0v) is 12.2. The lowest BCUT2D eigenvalue weighted by Crippen LogP contribution is -2.14. The number of hydrogen-bond acceptors (Lipinski definition) is 5. The first kappa shape index (κ1) is 16.0. The van der Waals surface area contributed by atoms with Gasteiger partial charge in [-0.15, -0.1) is 0 Å². The highest BCUT2D eigenvalue weighted by molar-refractivity contribution is 7.92. The van der Waals surface area contributed by atoms with Gasteiger partial charge in [-0.3, -0.25) is 14.8 Å². The molecular formula is C12H8ClFN2O5S. The van der Waals surface area contributed by atoms with Gasteiger partial charge in [-0.2, -0.15) is 0 Å². The summed E-state index contributed by atoms with van der Waals surface area (Å²) < 4.78 is 39.9. The Labute approximate surface area is 129 Å². The molecule has 0 unspecified atom stereocenters. The topological polar surface area (TPSA) is 110 Å². The van der Waals surface area contributed by atoms with Crippen molar-refractivity contribution in [2.75, 3.05) is 4.72 Å². The number of phenolic OH excluding ortho intramolecular Hbond substituents is 1. The first-order valence-electron chi connectivity index (χ1n) is 5.66. The van der Waals surface area contributed by atoms with Crippen molar-refractivity contribution in [3.63, 3.8) is 0 Å². The largest absolute Gasteiger partial charge is 0.502 e. The standard InChI is InChI=1S/C12H8ClFN2O5S/c13-8-2-1-3-9(12(8)14)15-22(20,21)7-4-5-11(17)10(6-7)16(18)19/h1-6,15,17H. The first-order valence-corrected chi connectivity index (χ1v) is 7.53. The third-order valence-corrected chi connectivity index (χ3v) is 4.30. The van der Waals surface area contributed by atoms with Crippen molar-refractivity contribution < 1.29 is 22.8 Å². The van der Waals surface area contributed by atoms with Crippen LogP contribution in [-0.4, -0.2) is 18.4 Å². The molecule has 0 aliphatic heterocycles. The molecule has 0 amide bonds. The molecule has 2 aromatic rings. The fourth-order valence-corrected chi connectivity index (χ4v) is 2.86. The minimum absolute atomic E-state index is 0.281. The lowest BCUT2D eigenvalue weighted by Gasteiger charge is -2.09. The summed E-state index contributed by atoms with van der Waals surface area (Å²) in [5.41, 5.74) is -1.18. The molecule has 2 rings (SSSR count). The van der Waals surface area contributed by atoms with Gasteiger partial charge in [0.2, 0.25) is 0 Å². The van der Waals surface area contributed by atoms with E-state index in [0.29, 0.717) is 6.07 Å². The Kier molecular flexibility index (Phi) is 4.20. The number of halogens is 2. The third kappa shape index (κ3) is 3.10. The molecule has 10 heteroatoms.